The van der Waals surface area contributed by atoms with E-state index in [0.717, 1.165) is 18.6 Å². The fourth-order valence-electron chi connectivity index (χ4n) is 1.33. The SMILES string of the molecule is CC1=CC=C(c2ccno2)CC1. The molecule has 0 saturated heterocycles. The average Bonchev–Trinajstić information content (AvgIpc) is 2.58. The van der Waals surface area contributed by atoms with Crippen molar-refractivity contribution in [1.29, 1.82) is 0 Å². The molecule has 1 aromatic heterocycles. The van der Waals surface area contributed by atoms with E-state index in [-0.39, 0.29) is 0 Å². The molecule has 2 nitrogen and oxygen atoms in total. The molecule has 2 heteroatoms. The minimum Gasteiger partial charge on any atom is -0.357 e. The van der Waals surface area contributed by atoms with Crippen molar-refractivity contribution in [2.45, 2.75) is 19.8 Å². The number of hydrogen-bond donors (Lipinski definition) is 0. The quantitative estimate of drug-likeness (QED) is 0.633. The predicted molar refractivity (Wildman–Crippen MR) is 47.5 cm³/mol. The Labute approximate surface area is 71.6 Å². The standard InChI is InChI=1S/C10H11NO/c1-8-2-4-9(5-3-8)10-6-7-11-12-10/h2,4,6-7H,3,5H2,1H3. The van der Waals surface area contributed by atoms with Gasteiger partial charge in [-0.25, -0.2) is 0 Å². The van der Waals surface area contributed by atoms with Crippen LogP contribution in [0.3, 0.4) is 0 Å². The highest BCUT2D eigenvalue weighted by Crippen LogP contribution is 2.25. The van der Waals surface area contributed by atoms with Crippen LogP contribution in [0.1, 0.15) is 25.5 Å². The zero-order chi connectivity index (χ0) is 8.39. The second-order valence-corrected chi connectivity index (χ2v) is 3.08. The highest BCUT2D eigenvalue weighted by atomic mass is 16.5. The maximum atomic E-state index is 5.06. The summed E-state index contributed by atoms with van der Waals surface area (Å²) in [6, 6.07) is 1.90. The third kappa shape index (κ3) is 1.33. The van der Waals surface area contributed by atoms with Gasteiger partial charge in [-0.15, -0.1) is 0 Å². The van der Waals surface area contributed by atoms with Gasteiger partial charge in [0.15, 0.2) is 5.76 Å². The van der Waals surface area contributed by atoms with Crippen LogP contribution in [0.25, 0.3) is 5.57 Å². The van der Waals surface area contributed by atoms with Crippen LogP contribution in [0.5, 0.6) is 0 Å². The maximum absolute atomic E-state index is 5.06. The molecule has 12 heavy (non-hydrogen) atoms. The summed E-state index contributed by atoms with van der Waals surface area (Å²) in [7, 11) is 0. The number of allylic oxidation sites excluding steroid dienone is 4. The van der Waals surface area contributed by atoms with Gasteiger partial charge in [0.25, 0.3) is 0 Å². The zero-order valence-corrected chi connectivity index (χ0v) is 7.08. The van der Waals surface area contributed by atoms with Gasteiger partial charge in [-0.3, -0.25) is 0 Å². The van der Waals surface area contributed by atoms with Crippen LogP contribution in [-0.4, -0.2) is 5.16 Å². The smallest absolute Gasteiger partial charge is 0.162 e. The maximum Gasteiger partial charge on any atom is 0.162 e. The van der Waals surface area contributed by atoms with Gasteiger partial charge in [0.2, 0.25) is 0 Å². The molecule has 0 unspecified atom stereocenters. The summed E-state index contributed by atoms with van der Waals surface area (Å²) < 4.78 is 5.06. The van der Waals surface area contributed by atoms with Gasteiger partial charge in [-0.2, -0.15) is 0 Å². The number of hydrogen-bond acceptors (Lipinski definition) is 2. The Hall–Kier alpha value is -1.31. The van der Waals surface area contributed by atoms with E-state index < -0.39 is 0 Å². The van der Waals surface area contributed by atoms with Crippen LogP contribution in [0.2, 0.25) is 0 Å². The first-order valence-corrected chi connectivity index (χ1v) is 4.13. The van der Waals surface area contributed by atoms with Crippen molar-refractivity contribution in [2.75, 3.05) is 0 Å². The van der Waals surface area contributed by atoms with E-state index in [1.807, 2.05) is 6.07 Å². The predicted octanol–water partition coefficient (Wildman–Crippen LogP) is 2.80. The third-order valence-corrected chi connectivity index (χ3v) is 2.11. The van der Waals surface area contributed by atoms with E-state index in [0.29, 0.717) is 0 Å². The van der Waals surface area contributed by atoms with Crippen molar-refractivity contribution in [1.82, 2.24) is 5.16 Å². The first kappa shape index (κ1) is 7.35. The molecule has 1 heterocycles. The molecule has 2 rings (SSSR count). The van der Waals surface area contributed by atoms with Crippen molar-refractivity contribution in [2.24, 2.45) is 0 Å². The molecule has 0 atom stereocenters. The molecule has 0 spiro atoms. The van der Waals surface area contributed by atoms with E-state index in [1.165, 1.54) is 11.1 Å². The Morgan fingerprint density at radius 1 is 1.33 bits per heavy atom. The summed E-state index contributed by atoms with van der Waals surface area (Å²) in [6.07, 6.45) is 8.13. The van der Waals surface area contributed by atoms with Crippen molar-refractivity contribution < 1.29 is 4.52 Å². The molecule has 1 aliphatic carbocycles. The van der Waals surface area contributed by atoms with Gasteiger partial charge in [0, 0.05) is 6.07 Å². The second-order valence-electron chi connectivity index (χ2n) is 3.08. The lowest BCUT2D eigenvalue weighted by atomic mass is 9.98. The van der Waals surface area contributed by atoms with Gasteiger partial charge in [-0.1, -0.05) is 22.9 Å². The number of rotatable bonds is 1. The van der Waals surface area contributed by atoms with Gasteiger partial charge in [0.1, 0.15) is 0 Å². The highest BCUT2D eigenvalue weighted by molar-refractivity contribution is 5.64. The molecule has 0 N–H and O–H groups in total. The summed E-state index contributed by atoms with van der Waals surface area (Å²) in [4.78, 5) is 0. The summed E-state index contributed by atoms with van der Waals surface area (Å²) in [5, 5.41) is 3.68. The largest absolute Gasteiger partial charge is 0.357 e. The molecule has 0 bridgehead atoms. The van der Waals surface area contributed by atoms with Gasteiger partial charge < -0.3 is 4.52 Å². The second kappa shape index (κ2) is 2.97. The Kier molecular flexibility index (Phi) is 1.82. The first-order valence-electron chi connectivity index (χ1n) is 4.13. The number of nitrogens with zero attached hydrogens (tertiary/aromatic N) is 1. The van der Waals surface area contributed by atoms with Gasteiger partial charge in [-0.05, 0) is 25.3 Å². The Morgan fingerprint density at radius 3 is 2.83 bits per heavy atom. The van der Waals surface area contributed by atoms with Crippen molar-refractivity contribution >= 4 is 5.57 Å². The molecule has 0 saturated carbocycles. The van der Waals surface area contributed by atoms with Gasteiger partial charge >= 0.3 is 0 Å². The summed E-state index contributed by atoms with van der Waals surface area (Å²) >= 11 is 0. The minimum atomic E-state index is 0.902. The topological polar surface area (TPSA) is 26.0 Å². The van der Waals surface area contributed by atoms with Crippen LogP contribution < -0.4 is 0 Å². The molecule has 1 aromatic rings. The fourth-order valence-corrected chi connectivity index (χ4v) is 1.33. The van der Waals surface area contributed by atoms with Crippen molar-refractivity contribution in [3.8, 4) is 0 Å². The van der Waals surface area contributed by atoms with E-state index >= 15 is 0 Å². The molecular formula is C10H11NO. The molecular weight excluding hydrogens is 150 g/mol. The van der Waals surface area contributed by atoms with Gasteiger partial charge in [0.05, 0.1) is 6.20 Å². The molecule has 0 radical (unpaired) electrons. The van der Waals surface area contributed by atoms with Crippen LogP contribution >= 0.6 is 0 Å². The molecule has 0 aromatic carbocycles. The van der Waals surface area contributed by atoms with E-state index in [2.05, 4.69) is 24.2 Å². The molecule has 62 valence electrons. The monoisotopic (exact) mass is 161 g/mol. The van der Waals surface area contributed by atoms with Crippen LogP contribution in [-0.2, 0) is 0 Å². The summed E-state index contributed by atoms with van der Waals surface area (Å²) in [6.45, 7) is 2.15. The Balaban J connectivity index is 2.27. The minimum absolute atomic E-state index is 0.902. The highest BCUT2D eigenvalue weighted by Gasteiger charge is 2.08. The molecule has 0 amide bonds. The lowest BCUT2D eigenvalue weighted by Gasteiger charge is -2.08. The van der Waals surface area contributed by atoms with Crippen LogP contribution in [0.15, 0.2) is 34.5 Å². The zero-order valence-electron chi connectivity index (χ0n) is 7.08. The normalized spacial score (nSPS) is 17.1. The first-order chi connectivity index (χ1) is 5.86. The van der Waals surface area contributed by atoms with E-state index in [4.69, 9.17) is 4.52 Å². The third-order valence-electron chi connectivity index (χ3n) is 2.11. The summed E-state index contributed by atoms with van der Waals surface area (Å²) in [5.41, 5.74) is 2.68. The summed E-state index contributed by atoms with van der Waals surface area (Å²) in [5.74, 6) is 0.902. The molecule has 1 aliphatic rings. The van der Waals surface area contributed by atoms with E-state index in [1.54, 1.807) is 6.20 Å². The molecule has 0 aliphatic heterocycles. The molecule has 0 fully saturated rings. The van der Waals surface area contributed by atoms with Crippen LogP contribution in [0, 0.1) is 0 Å². The number of aromatic nitrogens is 1. The lowest BCUT2D eigenvalue weighted by molar-refractivity contribution is 0.408. The van der Waals surface area contributed by atoms with Crippen molar-refractivity contribution in [3.05, 3.63) is 35.7 Å². The van der Waals surface area contributed by atoms with E-state index in [9.17, 15) is 0 Å². The Bertz CT molecular complexity index is 320. The Morgan fingerprint density at radius 2 is 2.25 bits per heavy atom. The lowest BCUT2D eigenvalue weighted by Crippen LogP contribution is -1.89. The van der Waals surface area contributed by atoms with Crippen molar-refractivity contribution in [3.63, 3.8) is 0 Å². The average molecular weight is 161 g/mol. The van der Waals surface area contributed by atoms with Crippen LogP contribution in [0.4, 0.5) is 0 Å². The fraction of sp³-hybridized carbons (Fsp3) is 0.300.